The smallest absolute Gasteiger partial charge is 0.326 e. The zero-order chi connectivity index (χ0) is 42.6. The highest BCUT2D eigenvalue weighted by Crippen LogP contribution is 2.40. The van der Waals surface area contributed by atoms with Crippen molar-refractivity contribution in [1.29, 1.82) is 5.26 Å². The van der Waals surface area contributed by atoms with E-state index >= 15 is 0 Å². The molecule has 2 aliphatic rings. The molecule has 0 spiro atoms. The Hall–Kier alpha value is -6.23. The van der Waals surface area contributed by atoms with Crippen molar-refractivity contribution in [2.75, 3.05) is 5.32 Å². The van der Waals surface area contributed by atoms with Gasteiger partial charge in [0.25, 0.3) is 5.91 Å². The number of nitrogens with one attached hydrogen (secondary N) is 2. The van der Waals surface area contributed by atoms with Gasteiger partial charge in [0.05, 0.1) is 39.1 Å². The van der Waals surface area contributed by atoms with E-state index in [9.17, 15) is 19.5 Å². The van der Waals surface area contributed by atoms with Crippen LogP contribution in [0.15, 0.2) is 126 Å². The van der Waals surface area contributed by atoms with Gasteiger partial charge in [-0.3, -0.25) is 14.5 Å². The molecule has 306 valence electrons. The Morgan fingerprint density at radius 1 is 0.934 bits per heavy atom. The third-order valence-corrected chi connectivity index (χ3v) is 11.8. The van der Waals surface area contributed by atoms with E-state index < -0.39 is 30.1 Å². The van der Waals surface area contributed by atoms with Crippen molar-refractivity contribution in [2.45, 2.75) is 50.7 Å². The Morgan fingerprint density at radius 2 is 1.66 bits per heavy atom. The van der Waals surface area contributed by atoms with Crippen LogP contribution in [0, 0.1) is 11.3 Å². The highest BCUT2D eigenvalue weighted by atomic mass is 79.9. The molecule has 11 nitrogen and oxygen atoms in total. The summed E-state index contributed by atoms with van der Waals surface area (Å²) >= 11 is 15.6. The van der Waals surface area contributed by atoms with Crippen molar-refractivity contribution < 1.29 is 29.0 Å². The van der Waals surface area contributed by atoms with Crippen molar-refractivity contribution in [3.8, 4) is 28.7 Å². The summed E-state index contributed by atoms with van der Waals surface area (Å²) in [6.07, 6.45) is -0.603. The van der Waals surface area contributed by atoms with Gasteiger partial charge in [0, 0.05) is 25.1 Å². The Labute approximate surface area is 370 Å². The fraction of sp³-hybridized carbons (Fsp3) is 0.170. The number of hydrogen-bond acceptors (Lipinski definition) is 8. The SMILES string of the molecule is N#Cc1ccc(-c2ccc(CC(NC(=O)C3Cc4cc5c(cc4CN3Cc3cccc(Br)n3)OC(c3ccc(OCc4ccc(Cl)c(Cl)c4)cc3)C(=O)N5)C(=O)O)cc2)cc1. The third kappa shape index (κ3) is 9.72. The summed E-state index contributed by atoms with van der Waals surface area (Å²) in [5, 5.41) is 26.1. The summed E-state index contributed by atoms with van der Waals surface area (Å²) in [7, 11) is 0. The van der Waals surface area contributed by atoms with Crippen LogP contribution in [0.25, 0.3) is 11.1 Å². The summed E-state index contributed by atoms with van der Waals surface area (Å²) in [4.78, 5) is 46.8. The maximum atomic E-state index is 14.2. The van der Waals surface area contributed by atoms with Gasteiger partial charge in [-0.05, 0) is 116 Å². The van der Waals surface area contributed by atoms with Gasteiger partial charge in [0.1, 0.15) is 28.8 Å². The molecule has 2 aliphatic heterocycles. The average molecular weight is 918 g/mol. The molecule has 14 heteroatoms. The number of benzene rings is 5. The lowest BCUT2D eigenvalue weighted by atomic mass is 9.91. The summed E-state index contributed by atoms with van der Waals surface area (Å²) in [6, 6.07) is 36.5. The minimum atomic E-state index is -1.20. The molecule has 5 aromatic carbocycles. The molecule has 1 aromatic heterocycles. The van der Waals surface area contributed by atoms with Gasteiger partial charge in [0.2, 0.25) is 12.0 Å². The first-order chi connectivity index (χ1) is 29.5. The van der Waals surface area contributed by atoms with Gasteiger partial charge in [-0.1, -0.05) is 83.9 Å². The fourth-order valence-corrected chi connectivity index (χ4v) is 8.14. The van der Waals surface area contributed by atoms with Crippen LogP contribution in [0.5, 0.6) is 11.5 Å². The first kappa shape index (κ1) is 41.5. The quantitative estimate of drug-likeness (QED) is 0.102. The molecule has 3 unspecified atom stereocenters. The lowest BCUT2D eigenvalue weighted by Crippen LogP contribution is -2.54. The number of rotatable bonds is 12. The van der Waals surface area contributed by atoms with Crippen molar-refractivity contribution in [2.24, 2.45) is 0 Å². The molecule has 61 heavy (non-hydrogen) atoms. The Bertz CT molecular complexity index is 2670. The van der Waals surface area contributed by atoms with Gasteiger partial charge in [0.15, 0.2) is 0 Å². The largest absolute Gasteiger partial charge is 0.489 e. The maximum absolute atomic E-state index is 14.2. The molecule has 2 amide bonds. The van der Waals surface area contributed by atoms with Crippen molar-refractivity contribution >= 4 is 62.6 Å². The predicted octanol–water partition coefficient (Wildman–Crippen LogP) is 9.08. The van der Waals surface area contributed by atoms with E-state index in [0.717, 1.165) is 39.1 Å². The highest BCUT2D eigenvalue weighted by Gasteiger charge is 2.37. The van der Waals surface area contributed by atoms with Crippen molar-refractivity contribution in [1.82, 2.24) is 15.2 Å². The molecular weight excluding hydrogens is 881 g/mol. The molecule has 0 saturated heterocycles. The molecule has 0 fully saturated rings. The van der Waals surface area contributed by atoms with Crippen LogP contribution in [0.2, 0.25) is 10.0 Å². The number of halogens is 3. The van der Waals surface area contributed by atoms with E-state index in [1.807, 2.05) is 77.7 Å². The number of carbonyl (C=O) groups excluding carboxylic acids is 2. The number of aromatic nitrogens is 1. The number of amides is 2. The second kappa shape index (κ2) is 18.2. The number of carbonyl (C=O) groups is 3. The average Bonchev–Trinajstić information content (AvgIpc) is 3.26. The van der Waals surface area contributed by atoms with Crippen molar-refractivity contribution in [3.05, 3.63) is 175 Å². The van der Waals surface area contributed by atoms with Crippen LogP contribution in [-0.2, 0) is 46.9 Å². The molecular formula is C47H36BrCl2N5O6. The Morgan fingerprint density at radius 3 is 2.34 bits per heavy atom. The van der Waals surface area contributed by atoms with Crippen molar-refractivity contribution in [3.63, 3.8) is 0 Å². The molecule has 3 heterocycles. The number of nitriles is 1. The van der Waals surface area contributed by atoms with E-state index in [2.05, 4.69) is 37.6 Å². The Balaban J connectivity index is 0.982. The van der Waals surface area contributed by atoms with Gasteiger partial charge >= 0.3 is 5.97 Å². The van der Waals surface area contributed by atoms with Gasteiger partial charge < -0.3 is 25.2 Å². The van der Waals surface area contributed by atoms with E-state index in [0.29, 0.717) is 56.1 Å². The fourth-order valence-electron chi connectivity index (χ4n) is 7.44. The van der Waals surface area contributed by atoms with Gasteiger partial charge in [-0.25, -0.2) is 9.78 Å². The minimum absolute atomic E-state index is 0.0672. The monoisotopic (exact) mass is 915 g/mol. The molecule has 6 aromatic rings. The standard InChI is InChI=1S/C47H36BrCl2N5O6/c48-43-3-1-2-35(52-43)25-55-24-34-22-42-39(53-46(57)44(61-42)32-13-15-36(16-14-32)60-26-29-8-17-37(49)38(50)18-29)20-33(34)21-41(55)45(56)54-40(47(58)59)19-27-4-9-30(10-5-27)31-11-6-28(23-51)7-12-31/h1-18,20,22,40-41,44H,19,21,24-26H2,(H,53,57)(H,54,56)(H,58,59). The predicted molar refractivity (Wildman–Crippen MR) is 234 cm³/mol. The van der Waals surface area contributed by atoms with E-state index in [1.165, 1.54) is 0 Å². The third-order valence-electron chi connectivity index (χ3n) is 10.6. The number of hydrogen-bond donors (Lipinski definition) is 3. The number of nitrogens with zero attached hydrogens (tertiary/aromatic N) is 3. The molecule has 3 N–H and O–H groups in total. The second-order valence-corrected chi connectivity index (χ2v) is 16.4. The van der Waals surface area contributed by atoms with E-state index in [1.54, 1.807) is 48.5 Å². The summed E-state index contributed by atoms with van der Waals surface area (Å²) in [5.41, 5.74) is 7.56. The van der Waals surface area contributed by atoms with Crippen LogP contribution in [-0.4, -0.2) is 44.9 Å². The number of pyridine rings is 1. The summed E-state index contributed by atoms with van der Waals surface area (Å²) in [6.45, 7) is 0.919. The summed E-state index contributed by atoms with van der Waals surface area (Å²) in [5.74, 6) is -0.857. The number of anilines is 1. The van der Waals surface area contributed by atoms with E-state index in [4.69, 9.17) is 37.9 Å². The van der Waals surface area contributed by atoms with Crippen LogP contribution in [0.1, 0.15) is 45.2 Å². The molecule has 0 saturated carbocycles. The number of ether oxygens (including phenoxy) is 2. The molecule has 0 aliphatic carbocycles. The first-order valence-electron chi connectivity index (χ1n) is 19.3. The van der Waals surface area contributed by atoms with Crippen LogP contribution >= 0.6 is 39.1 Å². The zero-order valence-corrected chi connectivity index (χ0v) is 35.4. The Kier molecular flexibility index (Phi) is 12.4. The number of carboxylic acid groups (broad SMARTS) is 1. The number of fused-ring (bicyclic) bond motifs is 2. The molecule has 3 atom stereocenters. The summed E-state index contributed by atoms with van der Waals surface area (Å²) < 4.78 is 12.9. The topological polar surface area (TPSA) is 154 Å². The maximum Gasteiger partial charge on any atom is 0.326 e. The van der Waals surface area contributed by atoms with E-state index in [-0.39, 0.29) is 25.4 Å². The first-order valence-corrected chi connectivity index (χ1v) is 20.8. The second-order valence-electron chi connectivity index (χ2n) is 14.8. The van der Waals surface area contributed by atoms with Crippen LogP contribution in [0.3, 0.4) is 0 Å². The molecule has 0 bridgehead atoms. The van der Waals surface area contributed by atoms with Crippen LogP contribution < -0.4 is 20.1 Å². The lowest BCUT2D eigenvalue weighted by Gasteiger charge is -2.37. The lowest BCUT2D eigenvalue weighted by molar-refractivity contribution is -0.142. The number of carboxylic acids is 1. The zero-order valence-electron chi connectivity index (χ0n) is 32.3. The number of aliphatic carboxylic acids is 1. The minimum Gasteiger partial charge on any atom is -0.489 e. The highest BCUT2D eigenvalue weighted by molar-refractivity contribution is 9.10. The van der Waals surface area contributed by atoms with Gasteiger partial charge in [-0.2, -0.15) is 5.26 Å². The molecule has 8 rings (SSSR count). The van der Waals surface area contributed by atoms with Gasteiger partial charge in [-0.15, -0.1) is 0 Å². The molecule has 0 radical (unpaired) electrons. The van der Waals surface area contributed by atoms with Crippen LogP contribution in [0.4, 0.5) is 5.69 Å². The normalized spacial score (nSPS) is 16.2.